The van der Waals surface area contributed by atoms with Crippen LogP contribution < -0.4 is 10.6 Å². The molecule has 2 aromatic rings. The molecule has 21 heavy (non-hydrogen) atoms. The molecule has 0 aliphatic carbocycles. The third kappa shape index (κ3) is 3.59. The number of hydrogen-bond acceptors (Lipinski definition) is 4. The highest BCUT2D eigenvalue weighted by atomic mass is 32.1. The van der Waals surface area contributed by atoms with E-state index in [-0.39, 0.29) is 5.97 Å². The van der Waals surface area contributed by atoms with Gasteiger partial charge in [-0.3, -0.25) is 0 Å². The van der Waals surface area contributed by atoms with Crippen LogP contribution >= 0.6 is 23.6 Å². The number of thiophene rings is 1. The Labute approximate surface area is 133 Å². The molecule has 0 spiro atoms. The molecule has 4 nitrogen and oxygen atoms in total. The van der Waals surface area contributed by atoms with E-state index in [0.29, 0.717) is 15.7 Å². The molecule has 6 heteroatoms. The largest absolute Gasteiger partial charge is 0.465 e. The lowest BCUT2D eigenvalue weighted by atomic mass is 10.1. The zero-order chi connectivity index (χ0) is 15.4. The Balaban J connectivity index is 2.18. The number of para-hydroxylation sites is 1. The van der Waals surface area contributed by atoms with E-state index >= 15 is 0 Å². The molecule has 0 saturated heterocycles. The van der Waals surface area contributed by atoms with Gasteiger partial charge in [0.2, 0.25) is 0 Å². The molecule has 0 unspecified atom stereocenters. The zero-order valence-corrected chi connectivity index (χ0v) is 13.7. The van der Waals surface area contributed by atoms with Gasteiger partial charge in [0.25, 0.3) is 0 Å². The number of thiocarbonyl (C=S) groups is 1. The van der Waals surface area contributed by atoms with E-state index in [4.69, 9.17) is 17.0 Å². The Morgan fingerprint density at radius 2 is 1.86 bits per heavy atom. The topological polar surface area (TPSA) is 50.4 Å². The minimum Gasteiger partial charge on any atom is -0.465 e. The second-order valence-corrected chi connectivity index (χ2v) is 6.06. The second-order valence-electron chi connectivity index (χ2n) is 4.42. The highest BCUT2D eigenvalue weighted by molar-refractivity contribution is 7.80. The number of esters is 1. The van der Waals surface area contributed by atoms with Gasteiger partial charge in [-0.15, -0.1) is 11.3 Å². The van der Waals surface area contributed by atoms with Gasteiger partial charge >= 0.3 is 5.97 Å². The quantitative estimate of drug-likeness (QED) is 0.662. The molecule has 0 atom stereocenters. The van der Waals surface area contributed by atoms with Crippen molar-refractivity contribution in [1.29, 1.82) is 0 Å². The summed E-state index contributed by atoms with van der Waals surface area (Å²) in [6.07, 6.45) is 0. The van der Waals surface area contributed by atoms with Crippen LogP contribution in [0.5, 0.6) is 0 Å². The average Bonchev–Trinajstić information content (AvgIpc) is 2.74. The maximum atomic E-state index is 11.9. The van der Waals surface area contributed by atoms with Crippen molar-refractivity contribution in [1.82, 2.24) is 0 Å². The van der Waals surface area contributed by atoms with Gasteiger partial charge in [-0.25, -0.2) is 4.79 Å². The average molecular weight is 320 g/mol. The summed E-state index contributed by atoms with van der Waals surface area (Å²) in [5.74, 6) is -0.359. The van der Waals surface area contributed by atoms with Gasteiger partial charge in [-0.1, -0.05) is 18.2 Å². The van der Waals surface area contributed by atoms with Crippen molar-refractivity contribution in [3.05, 3.63) is 46.3 Å². The molecule has 0 amide bonds. The fourth-order valence-electron chi connectivity index (χ4n) is 1.85. The number of hydrogen-bond donors (Lipinski definition) is 2. The van der Waals surface area contributed by atoms with Crippen LogP contribution in [0, 0.1) is 13.8 Å². The predicted octanol–water partition coefficient (Wildman–Crippen LogP) is 3.96. The van der Waals surface area contributed by atoms with E-state index in [2.05, 4.69) is 10.6 Å². The van der Waals surface area contributed by atoms with Crippen molar-refractivity contribution in [3.63, 3.8) is 0 Å². The number of methoxy groups -OCH3 is 1. The van der Waals surface area contributed by atoms with Gasteiger partial charge in [0, 0.05) is 10.6 Å². The van der Waals surface area contributed by atoms with Crippen molar-refractivity contribution >= 4 is 45.3 Å². The van der Waals surface area contributed by atoms with Gasteiger partial charge in [0.1, 0.15) is 5.00 Å². The molecule has 0 aliphatic rings. The maximum Gasteiger partial charge on any atom is 0.341 e. The van der Waals surface area contributed by atoms with Gasteiger partial charge in [0.15, 0.2) is 5.11 Å². The Hall–Kier alpha value is -1.92. The number of nitrogens with one attached hydrogen (secondary N) is 2. The standard InChI is InChI=1S/C15H16N2O2S2/c1-9-10(2)21-13(12(9)14(18)19-3)17-15(20)16-11-7-5-4-6-8-11/h4-8H,1-3H3,(H2,16,17,20). The van der Waals surface area contributed by atoms with Crippen LogP contribution in [0.3, 0.4) is 0 Å². The Bertz CT molecular complexity index is 666. The number of rotatable bonds is 3. The fourth-order valence-corrected chi connectivity index (χ4v) is 3.19. The van der Waals surface area contributed by atoms with Gasteiger partial charge < -0.3 is 15.4 Å². The number of benzene rings is 1. The highest BCUT2D eigenvalue weighted by Crippen LogP contribution is 2.33. The molecule has 0 saturated carbocycles. The summed E-state index contributed by atoms with van der Waals surface area (Å²) in [7, 11) is 1.37. The summed E-state index contributed by atoms with van der Waals surface area (Å²) in [6.45, 7) is 3.86. The Morgan fingerprint density at radius 3 is 2.48 bits per heavy atom. The number of carbonyl (C=O) groups is 1. The zero-order valence-electron chi connectivity index (χ0n) is 12.0. The summed E-state index contributed by atoms with van der Waals surface area (Å²) in [6, 6.07) is 9.61. The third-order valence-corrected chi connectivity index (χ3v) is 4.36. The summed E-state index contributed by atoms with van der Waals surface area (Å²) in [4.78, 5) is 12.9. The molecule has 0 aliphatic heterocycles. The summed E-state index contributed by atoms with van der Waals surface area (Å²) in [5, 5.41) is 7.29. The monoisotopic (exact) mass is 320 g/mol. The molecule has 1 heterocycles. The van der Waals surface area contributed by atoms with E-state index in [1.165, 1.54) is 18.4 Å². The van der Waals surface area contributed by atoms with E-state index in [1.807, 2.05) is 44.2 Å². The van der Waals surface area contributed by atoms with Crippen molar-refractivity contribution in [2.75, 3.05) is 17.7 Å². The SMILES string of the molecule is COC(=O)c1c(NC(=S)Nc2ccccc2)sc(C)c1C. The summed E-state index contributed by atoms with van der Waals surface area (Å²) >= 11 is 6.77. The summed E-state index contributed by atoms with van der Waals surface area (Å²) in [5.41, 5.74) is 2.34. The number of carbonyl (C=O) groups excluding carboxylic acids is 1. The first kappa shape index (κ1) is 15.5. The van der Waals surface area contributed by atoms with Gasteiger partial charge in [-0.05, 0) is 43.8 Å². The fraction of sp³-hybridized carbons (Fsp3) is 0.200. The van der Waals surface area contributed by atoms with Crippen LogP contribution in [0.1, 0.15) is 20.8 Å². The van der Waals surface area contributed by atoms with Crippen LogP contribution in [0.25, 0.3) is 0 Å². The first-order valence-corrected chi connectivity index (χ1v) is 7.56. The lowest BCUT2D eigenvalue weighted by Crippen LogP contribution is -2.20. The first-order chi connectivity index (χ1) is 10.0. The first-order valence-electron chi connectivity index (χ1n) is 6.34. The molecular weight excluding hydrogens is 304 g/mol. The third-order valence-electron chi connectivity index (χ3n) is 3.03. The van der Waals surface area contributed by atoms with Crippen LogP contribution in [-0.4, -0.2) is 18.2 Å². The molecule has 0 bridgehead atoms. The lowest BCUT2D eigenvalue weighted by Gasteiger charge is -2.10. The van der Waals surface area contributed by atoms with Crippen LogP contribution in [0.15, 0.2) is 30.3 Å². The molecule has 110 valence electrons. The van der Waals surface area contributed by atoms with Crippen molar-refractivity contribution in [2.24, 2.45) is 0 Å². The molecule has 1 aromatic heterocycles. The number of aryl methyl sites for hydroxylation is 1. The molecule has 0 fully saturated rings. The minimum atomic E-state index is -0.359. The molecule has 2 rings (SSSR count). The van der Waals surface area contributed by atoms with E-state index in [0.717, 1.165) is 16.1 Å². The van der Waals surface area contributed by atoms with Crippen molar-refractivity contribution in [3.8, 4) is 0 Å². The summed E-state index contributed by atoms with van der Waals surface area (Å²) < 4.78 is 4.83. The highest BCUT2D eigenvalue weighted by Gasteiger charge is 2.20. The molecule has 1 aromatic carbocycles. The smallest absolute Gasteiger partial charge is 0.341 e. The Kier molecular flexibility index (Phi) is 4.93. The minimum absolute atomic E-state index is 0.359. The van der Waals surface area contributed by atoms with Gasteiger partial charge in [-0.2, -0.15) is 0 Å². The second kappa shape index (κ2) is 6.69. The Morgan fingerprint density at radius 1 is 1.19 bits per heavy atom. The van der Waals surface area contributed by atoms with E-state index in [9.17, 15) is 4.79 Å². The van der Waals surface area contributed by atoms with Crippen LogP contribution in [0.2, 0.25) is 0 Å². The van der Waals surface area contributed by atoms with Crippen LogP contribution in [0.4, 0.5) is 10.7 Å². The number of ether oxygens (including phenoxy) is 1. The van der Waals surface area contributed by atoms with Crippen molar-refractivity contribution in [2.45, 2.75) is 13.8 Å². The van der Waals surface area contributed by atoms with Crippen molar-refractivity contribution < 1.29 is 9.53 Å². The molecule has 0 radical (unpaired) electrons. The predicted molar refractivity (Wildman–Crippen MR) is 91.4 cm³/mol. The molecular formula is C15H16N2O2S2. The lowest BCUT2D eigenvalue weighted by molar-refractivity contribution is 0.0601. The maximum absolute atomic E-state index is 11.9. The number of anilines is 2. The van der Waals surface area contributed by atoms with E-state index < -0.39 is 0 Å². The normalized spacial score (nSPS) is 10.0. The van der Waals surface area contributed by atoms with Gasteiger partial charge in [0.05, 0.1) is 12.7 Å². The van der Waals surface area contributed by atoms with Crippen LogP contribution in [-0.2, 0) is 4.74 Å². The van der Waals surface area contributed by atoms with E-state index in [1.54, 1.807) is 0 Å². The molecule has 2 N–H and O–H groups in total.